The summed E-state index contributed by atoms with van der Waals surface area (Å²) in [5, 5.41) is 24.1. The summed E-state index contributed by atoms with van der Waals surface area (Å²) in [6.45, 7) is 7.46. The number of para-hydroxylation sites is 1. The van der Waals surface area contributed by atoms with Gasteiger partial charge in [-0.1, -0.05) is 18.2 Å². The molecule has 2 atom stereocenters. The molecular formula is C29H31N5O3. The Labute approximate surface area is 216 Å². The summed E-state index contributed by atoms with van der Waals surface area (Å²) in [6.07, 6.45) is 2.94. The van der Waals surface area contributed by atoms with E-state index in [-0.39, 0.29) is 12.5 Å². The summed E-state index contributed by atoms with van der Waals surface area (Å²) < 4.78 is 0. The molecule has 1 aliphatic carbocycles. The third-order valence-corrected chi connectivity index (χ3v) is 7.25. The molecule has 8 heteroatoms. The Kier molecular flexibility index (Phi) is 6.03. The molecule has 37 heavy (non-hydrogen) atoms. The predicted octanol–water partition coefficient (Wildman–Crippen LogP) is 5.48. The Morgan fingerprint density at radius 3 is 2.62 bits per heavy atom. The monoisotopic (exact) mass is 497 g/mol. The van der Waals surface area contributed by atoms with Gasteiger partial charge in [-0.2, -0.15) is 5.26 Å². The number of carbonyl (C=O) groups is 2. The number of nitrogens with one attached hydrogen (secondary N) is 1. The van der Waals surface area contributed by atoms with Crippen LogP contribution in [0.3, 0.4) is 0 Å². The fraction of sp³-hybridized carbons (Fsp3) is 0.379. The third-order valence-electron chi connectivity index (χ3n) is 7.25. The summed E-state index contributed by atoms with van der Waals surface area (Å²) in [5.41, 5.74) is 3.92. The zero-order chi connectivity index (χ0) is 26.5. The average Bonchev–Trinajstić information content (AvgIpc) is 3.70. The van der Waals surface area contributed by atoms with Crippen LogP contribution in [0.15, 0.2) is 48.7 Å². The summed E-state index contributed by atoms with van der Waals surface area (Å²) in [7, 11) is 0. The second-order valence-corrected chi connectivity index (χ2v) is 11.0. The molecule has 0 spiro atoms. The molecular weight excluding hydrogens is 466 g/mol. The lowest BCUT2D eigenvalue weighted by atomic mass is 9.97. The highest BCUT2D eigenvalue weighted by atomic mass is 16.4. The van der Waals surface area contributed by atoms with E-state index in [1.54, 1.807) is 43.9 Å². The van der Waals surface area contributed by atoms with Gasteiger partial charge in [0.05, 0.1) is 41.1 Å². The van der Waals surface area contributed by atoms with Gasteiger partial charge in [0.25, 0.3) is 5.91 Å². The molecule has 0 saturated heterocycles. The van der Waals surface area contributed by atoms with Gasteiger partial charge < -0.3 is 15.3 Å². The van der Waals surface area contributed by atoms with Crippen LogP contribution in [0, 0.1) is 11.3 Å². The summed E-state index contributed by atoms with van der Waals surface area (Å²) in [5.74, 6) is 0.107. The Morgan fingerprint density at radius 2 is 1.97 bits per heavy atom. The first-order chi connectivity index (χ1) is 17.6. The van der Waals surface area contributed by atoms with Crippen molar-refractivity contribution in [2.45, 2.75) is 70.6 Å². The first-order valence-corrected chi connectivity index (χ1v) is 12.6. The summed E-state index contributed by atoms with van der Waals surface area (Å²) >= 11 is 0. The fourth-order valence-corrected chi connectivity index (χ4v) is 5.39. The van der Waals surface area contributed by atoms with E-state index >= 15 is 0 Å². The van der Waals surface area contributed by atoms with Crippen molar-refractivity contribution in [1.29, 1.82) is 5.26 Å². The molecule has 0 unspecified atom stereocenters. The quantitative estimate of drug-likeness (QED) is 0.494. The van der Waals surface area contributed by atoms with Gasteiger partial charge in [-0.25, -0.2) is 4.79 Å². The van der Waals surface area contributed by atoms with E-state index in [9.17, 15) is 20.0 Å². The van der Waals surface area contributed by atoms with Crippen LogP contribution in [0.1, 0.15) is 63.1 Å². The molecule has 2 N–H and O–H groups in total. The van der Waals surface area contributed by atoms with Gasteiger partial charge in [-0.3, -0.25) is 14.7 Å². The van der Waals surface area contributed by atoms with Crippen LogP contribution in [0.5, 0.6) is 0 Å². The number of amides is 2. The number of hydrogen-bond acceptors (Lipinski definition) is 5. The van der Waals surface area contributed by atoms with Crippen molar-refractivity contribution in [2.24, 2.45) is 0 Å². The van der Waals surface area contributed by atoms with Gasteiger partial charge in [0, 0.05) is 17.1 Å². The standard InChI is InChI=1S/C29H31N5O3/c1-17-26(34(28(36)37)29(2,3)4)27(35)33(25-12-9-18(14-30)13-24(25)32-17)16-22-20-7-5-6-8-23(20)31-15-21(22)19-10-11-19/h5-9,12-13,15,17,19,26,32H,10-11,16H2,1-4H3,(H,36,37)/t17-,26-/m0/s1. The van der Waals surface area contributed by atoms with Gasteiger partial charge in [0.15, 0.2) is 0 Å². The van der Waals surface area contributed by atoms with Crippen LogP contribution in [0.2, 0.25) is 0 Å². The van der Waals surface area contributed by atoms with E-state index in [1.165, 1.54) is 4.90 Å². The number of hydrogen-bond donors (Lipinski definition) is 2. The van der Waals surface area contributed by atoms with Crippen LogP contribution in [-0.2, 0) is 11.3 Å². The molecule has 0 radical (unpaired) electrons. The number of fused-ring (bicyclic) bond motifs is 2. The fourth-order valence-electron chi connectivity index (χ4n) is 5.39. The number of aromatic nitrogens is 1. The van der Waals surface area contributed by atoms with E-state index < -0.39 is 23.7 Å². The minimum atomic E-state index is -1.16. The molecule has 1 aliphatic heterocycles. The maximum atomic E-state index is 14.4. The molecule has 5 rings (SSSR count). The second kappa shape index (κ2) is 9.07. The molecule has 1 saturated carbocycles. The largest absolute Gasteiger partial charge is 0.465 e. The van der Waals surface area contributed by atoms with Crippen LogP contribution in [0.25, 0.3) is 10.9 Å². The molecule has 1 fully saturated rings. The third kappa shape index (κ3) is 4.46. The number of rotatable bonds is 4. The van der Waals surface area contributed by atoms with Crippen LogP contribution >= 0.6 is 0 Å². The van der Waals surface area contributed by atoms with E-state index in [1.807, 2.05) is 37.4 Å². The first-order valence-electron chi connectivity index (χ1n) is 12.6. The minimum Gasteiger partial charge on any atom is -0.465 e. The summed E-state index contributed by atoms with van der Waals surface area (Å²) in [4.78, 5) is 34.5. The Bertz CT molecular complexity index is 1430. The van der Waals surface area contributed by atoms with Gasteiger partial charge in [-0.15, -0.1) is 0 Å². The molecule has 2 amide bonds. The van der Waals surface area contributed by atoms with Gasteiger partial charge in [0.2, 0.25) is 0 Å². The van der Waals surface area contributed by atoms with Crippen molar-refractivity contribution in [3.8, 4) is 6.07 Å². The number of anilines is 2. The highest BCUT2D eigenvalue weighted by Crippen LogP contribution is 2.44. The number of benzene rings is 2. The van der Waals surface area contributed by atoms with Crippen molar-refractivity contribution in [1.82, 2.24) is 9.88 Å². The number of carboxylic acid groups (broad SMARTS) is 1. The average molecular weight is 498 g/mol. The van der Waals surface area contributed by atoms with Gasteiger partial charge in [-0.05, 0) is 81.8 Å². The molecule has 190 valence electrons. The molecule has 2 aromatic carbocycles. The lowest BCUT2D eigenvalue weighted by Gasteiger charge is -2.41. The molecule has 3 aromatic rings. The number of carbonyl (C=O) groups excluding carboxylic acids is 1. The van der Waals surface area contributed by atoms with Gasteiger partial charge >= 0.3 is 6.09 Å². The smallest absolute Gasteiger partial charge is 0.408 e. The van der Waals surface area contributed by atoms with E-state index in [2.05, 4.69) is 16.4 Å². The maximum Gasteiger partial charge on any atom is 0.408 e. The Hall–Kier alpha value is -4.12. The highest BCUT2D eigenvalue weighted by molar-refractivity contribution is 6.04. The van der Waals surface area contributed by atoms with Crippen molar-refractivity contribution >= 4 is 34.3 Å². The topological polar surface area (TPSA) is 110 Å². The van der Waals surface area contributed by atoms with Crippen molar-refractivity contribution < 1.29 is 14.7 Å². The Morgan fingerprint density at radius 1 is 1.24 bits per heavy atom. The Balaban J connectivity index is 1.70. The SMILES string of the molecule is C[C@@H]1Nc2cc(C#N)ccc2N(Cc2c(C3CC3)cnc3ccccc23)C(=O)[C@H]1N(C(=O)O)C(C)(C)C. The van der Waals surface area contributed by atoms with Crippen LogP contribution in [0.4, 0.5) is 16.2 Å². The zero-order valence-corrected chi connectivity index (χ0v) is 21.5. The van der Waals surface area contributed by atoms with E-state index in [0.29, 0.717) is 22.9 Å². The first kappa shape index (κ1) is 24.6. The zero-order valence-electron chi connectivity index (χ0n) is 21.5. The molecule has 2 aliphatic rings. The molecule has 0 bridgehead atoms. The number of nitrogens with zero attached hydrogens (tertiary/aromatic N) is 4. The minimum absolute atomic E-state index is 0.273. The normalized spacial score (nSPS) is 19.5. The maximum absolute atomic E-state index is 14.4. The lowest BCUT2D eigenvalue weighted by Crippen LogP contribution is -2.61. The predicted molar refractivity (Wildman–Crippen MR) is 143 cm³/mol. The van der Waals surface area contributed by atoms with Crippen molar-refractivity contribution in [3.63, 3.8) is 0 Å². The molecule has 1 aromatic heterocycles. The van der Waals surface area contributed by atoms with Crippen LogP contribution in [-0.4, -0.2) is 44.6 Å². The van der Waals surface area contributed by atoms with Crippen molar-refractivity contribution in [2.75, 3.05) is 10.2 Å². The highest BCUT2D eigenvalue weighted by Gasteiger charge is 2.45. The summed E-state index contributed by atoms with van der Waals surface area (Å²) in [6, 6.07) is 13.8. The van der Waals surface area contributed by atoms with Crippen LogP contribution < -0.4 is 10.2 Å². The molecule has 2 heterocycles. The number of nitriles is 1. The van der Waals surface area contributed by atoms with E-state index in [0.717, 1.165) is 34.9 Å². The van der Waals surface area contributed by atoms with Crippen molar-refractivity contribution in [3.05, 3.63) is 65.4 Å². The lowest BCUT2D eigenvalue weighted by molar-refractivity contribution is -0.125. The number of pyridine rings is 1. The molecule has 8 nitrogen and oxygen atoms in total. The van der Waals surface area contributed by atoms with E-state index in [4.69, 9.17) is 0 Å². The van der Waals surface area contributed by atoms with Gasteiger partial charge in [0.1, 0.15) is 6.04 Å². The second-order valence-electron chi connectivity index (χ2n) is 11.0.